The quantitative estimate of drug-likeness (QED) is 0.271. The molecule has 1 heteroatoms. The van der Waals surface area contributed by atoms with E-state index in [2.05, 4.69) is 71.4 Å². The van der Waals surface area contributed by atoms with E-state index in [1.54, 1.807) is 0 Å². The normalized spacial score (nSPS) is 10.9. The summed E-state index contributed by atoms with van der Waals surface area (Å²) in [7, 11) is 0. The second kappa shape index (κ2) is 11.5. The molecule has 2 aromatic rings. The van der Waals surface area contributed by atoms with Crippen molar-refractivity contribution in [3.05, 3.63) is 59.7 Å². The Morgan fingerprint density at radius 1 is 0.583 bits per heavy atom. The third-order valence-corrected chi connectivity index (χ3v) is 5.36. The van der Waals surface area contributed by atoms with Gasteiger partial charge in [-0.2, -0.15) is 0 Å². The van der Waals surface area contributed by atoms with Gasteiger partial charge in [-0.05, 0) is 35.1 Å². The molecule has 0 saturated heterocycles. The highest BCUT2D eigenvalue weighted by atomic mass is 79.9. The zero-order valence-corrected chi connectivity index (χ0v) is 16.7. The average molecular weight is 387 g/mol. The number of unbranched alkanes of at least 4 members (excludes halogenated alkanes) is 7. The predicted molar refractivity (Wildman–Crippen MR) is 111 cm³/mol. The van der Waals surface area contributed by atoms with E-state index in [0.717, 1.165) is 5.33 Å². The molecule has 0 aromatic heterocycles. The van der Waals surface area contributed by atoms with Gasteiger partial charge in [0.25, 0.3) is 0 Å². The molecule has 2 rings (SSSR count). The summed E-state index contributed by atoms with van der Waals surface area (Å²) in [6.07, 6.45) is 12.4. The maximum Gasteiger partial charge on any atom is 0.0283 e. The van der Waals surface area contributed by atoms with Crippen molar-refractivity contribution in [2.45, 2.75) is 70.0 Å². The standard InChI is InChI=1S/C23H31Br/c1-2-3-4-5-6-7-8-9-10-20-11-15-22(16-12-20)23-17-13-21(19-24)14-18-23/h11-18H,2-10,19H2,1H3. The molecule has 130 valence electrons. The molecule has 0 unspecified atom stereocenters. The molecule has 0 spiro atoms. The summed E-state index contributed by atoms with van der Waals surface area (Å²) in [6, 6.07) is 17.9. The van der Waals surface area contributed by atoms with Crippen molar-refractivity contribution in [3.8, 4) is 11.1 Å². The minimum Gasteiger partial charge on any atom is -0.0876 e. The van der Waals surface area contributed by atoms with Gasteiger partial charge in [0.1, 0.15) is 0 Å². The molecule has 0 nitrogen and oxygen atoms in total. The van der Waals surface area contributed by atoms with E-state index in [9.17, 15) is 0 Å². The Hall–Kier alpha value is -1.08. The highest BCUT2D eigenvalue weighted by molar-refractivity contribution is 9.08. The Labute approximate surface area is 156 Å². The van der Waals surface area contributed by atoms with Crippen LogP contribution in [0.5, 0.6) is 0 Å². The molecule has 0 fully saturated rings. The first-order valence-corrected chi connectivity index (χ1v) is 10.7. The fraction of sp³-hybridized carbons (Fsp3) is 0.478. The Kier molecular flexibility index (Phi) is 9.20. The van der Waals surface area contributed by atoms with Gasteiger partial charge in [0.2, 0.25) is 0 Å². The van der Waals surface area contributed by atoms with Crippen LogP contribution in [0, 0.1) is 0 Å². The predicted octanol–water partition coefficient (Wildman–Crippen LogP) is 7.93. The van der Waals surface area contributed by atoms with Gasteiger partial charge in [-0.1, -0.05) is 116 Å². The Balaban J connectivity index is 1.70. The van der Waals surface area contributed by atoms with E-state index in [0.29, 0.717) is 0 Å². The third-order valence-electron chi connectivity index (χ3n) is 4.71. The van der Waals surface area contributed by atoms with Crippen molar-refractivity contribution in [1.82, 2.24) is 0 Å². The fourth-order valence-corrected chi connectivity index (χ4v) is 3.49. The molecule has 0 aliphatic heterocycles. The fourth-order valence-electron chi connectivity index (χ4n) is 3.11. The number of alkyl halides is 1. The first-order chi connectivity index (χ1) is 11.8. The van der Waals surface area contributed by atoms with Crippen LogP contribution in [0.1, 0.15) is 69.4 Å². The number of hydrogen-bond donors (Lipinski definition) is 0. The molecular weight excluding hydrogens is 356 g/mol. The zero-order chi connectivity index (χ0) is 17.0. The highest BCUT2D eigenvalue weighted by Crippen LogP contribution is 2.22. The Bertz CT molecular complexity index is 554. The summed E-state index contributed by atoms with van der Waals surface area (Å²) in [4.78, 5) is 0. The van der Waals surface area contributed by atoms with Gasteiger partial charge in [-0.25, -0.2) is 0 Å². The molecule has 2 aromatic carbocycles. The van der Waals surface area contributed by atoms with Crippen LogP contribution in [0.25, 0.3) is 11.1 Å². The largest absolute Gasteiger partial charge is 0.0876 e. The molecule has 0 aliphatic carbocycles. The van der Waals surface area contributed by atoms with Crippen LogP contribution in [-0.4, -0.2) is 0 Å². The SMILES string of the molecule is CCCCCCCCCCc1ccc(-c2ccc(CBr)cc2)cc1. The molecular formula is C23H31Br. The molecule has 0 amide bonds. The molecule has 0 aliphatic rings. The van der Waals surface area contributed by atoms with Crippen LogP contribution >= 0.6 is 15.9 Å². The minimum absolute atomic E-state index is 0.921. The summed E-state index contributed by atoms with van der Waals surface area (Å²) in [5.74, 6) is 0. The molecule has 0 bridgehead atoms. The molecule has 0 N–H and O–H groups in total. The smallest absolute Gasteiger partial charge is 0.0283 e. The van der Waals surface area contributed by atoms with Gasteiger partial charge < -0.3 is 0 Å². The van der Waals surface area contributed by atoms with Crippen LogP contribution in [0.15, 0.2) is 48.5 Å². The second-order valence-corrected chi connectivity index (χ2v) is 7.31. The highest BCUT2D eigenvalue weighted by Gasteiger charge is 1.99. The lowest BCUT2D eigenvalue weighted by Gasteiger charge is -2.06. The van der Waals surface area contributed by atoms with E-state index in [1.165, 1.54) is 80.0 Å². The minimum atomic E-state index is 0.921. The number of aryl methyl sites for hydroxylation is 1. The average Bonchev–Trinajstić information content (AvgIpc) is 2.64. The zero-order valence-electron chi connectivity index (χ0n) is 15.1. The molecule has 0 saturated carbocycles. The van der Waals surface area contributed by atoms with Crippen molar-refractivity contribution in [2.75, 3.05) is 0 Å². The van der Waals surface area contributed by atoms with Gasteiger partial charge in [0.05, 0.1) is 0 Å². The molecule has 0 radical (unpaired) electrons. The maximum absolute atomic E-state index is 3.50. The van der Waals surface area contributed by atoms with Crippen molar-refractivity contribution < 1.29 is 0 Å². The van der Waals surface area contributed by atoms with Crippen LogP contribution in [-0.2, 0) is 11.8 Å². The Morgan fingerprint density at radius 2 is 1.04 bits per heavy atom. The number of rotatable bonds is 11. The van der Waals surface area contributed by atoms with Crippen LogP contribution < -0.4 is 0 Å². The molecule has 0 atom stereocenters. The summed E-state index contributed by atoms with van der Waals surface area (Å²) in [6.45, 7) is 2.28. The van der Waals surface area contributed by atoms with Crippen molar-refractivity contribution >= 4 is 15.9 Å². The summed E-state index contributed by atoms with van der Waals surface area (Å²) in [5.41, 5.74) is 5.42. The maximum atomic E-state index is 3.50. The lowest BCUT2D eigenvalue weighted by Crippen LogP contribution is -1.87. The van der Waals surface area contributed by atoms with Gasteiger partial charge in [-0.15, -0.1) is 0 Å². The van der Waals surface area contributed by atoms with E-state index in [1.807, 2.05) is 0 Å². The number of hydrogen-bond acceptors (Lipinski definition) is 0. The number of halogens is 1. The summed E-state index contributed by atoms with van der Waals surface area (Å²) >= 11 is 3.50. The Morgan fingerprint density at radius 3 is 1.54 bits per heavy atom. The topological polar surface area (TPSA) is 0 Å². The summed E-state index contributed by atoms with van der Waals surface area (Å²) < 4.78 is 0. The van der Waals surface area contributed by atoms with Crippen LogP contribution in [0.2, 0.25) is 0 Å². The van der Waals surface area contributed by atoms with Crippen molar-refractivity contribution in [2.24, 2.45) is 0 Å². The lowest BCUT2D eigenvalue weighted by atomic mass is 10.00. The van der Waals surface area contributed by atoms with Crippen molar-refractivity contribution in [3.63, 3.8) is 0 Å². The van der Waals surface area contributed by atoms with Crippen LogP contribution in [0.3, 0.4) is 0 Å². The van der Waals surface area contributed by atoms with Gasteiger partial charge in [-0.3, -0.25) is 0 Å². The first kappa shape index (κ1) is 19.2. The van der Waals surface area contributed by atoms with Crippen LogP contribution in [0.4, 0.5) is 0 Å². The summed E-state index contributed by atoms with van der Waals surface area (Å²) in [5, 5.41) is 0.921. The van der Waals surface area contributed by atoms with Gasteiger partial charge in [0, 0.05) is 5.33 Å². The second-order valence-electron chi connectivity index (χ2n) is 6.75. The first-order valence-electron chi connectivity index (χ1n) is 9.57. The number of benzene rings is 2. The van der Waals surface area contributed by atoms with E-state index in [4.69, 9.17) is 0 Å². The van der Waals surface area contributed by atoms with E-state index < -0.39 is 0 Å². The monoisotopic (exact) mass is 386 g/mol. The van der Waals surface area contributed by atoms with E-state index in [-0.39, 0.29) is 0 Å². The van der Waals surface area contributed by atoms with Crippen molar-refractivity contribution in [1.29, 1.82) is 0 Å². The van der Waals surface area contributed by atoms with E-state index >= 15 is 0 Å². The molecule has 0 heterocycles. The lowest BCUT2D eigenvalue weighted by molar-refractivity contribution is 0.575. The van der Waals surface area contributed by atoms with Gasteiger partial charge >= 0.3 is 0 Å². The molecule has 24 heavy (non-hydrogen) atoms. The van der Waals surface area contributed by atoms with Gasteiger partial charge in [0.15, 0.2) is 0 Å². The third kappa shape index (κ3) is 6.81.